The maximum atomic E-state index is 11.2. The molecule has 2 aromatic heterocycles. The quantitative estimate of drug-likeness (QED) is 0.526. The van der Waals surface area contributed by atoms with Gasteiger partial charge in [0.1, 0.15) is 16.9 Å². The number of nitrogens with zero attached hydrogens (tertiary/aromatic N) is 5. The average Bonchev–Trinajstić information content (AvgIpc) is 3.16. The number of nitro groups is 1. The van der Waals surface area contributed by atoms with E-state index in [2.05, 4.69) is 15.0 Å². The molecule has 1 atom stereocenters. The van der Waals surface area contributed by atoms with Crippen molar-refractivity contribution in [1.29, 1.82) is 0 Å². The van der Waals surface area contributed by atoms with Gasteiger partial charge >= 0.3 is 5.69 Å². The molecular weight excluding hydrogens is 334 g/mol. The summed E-state index contributed by atoms with van der Waals surface area (Å²) in [5, 5.41) is 15.5. The van der Waals surface area contributed by atoms with Crippen molar-refractivity contribution in [3.63, 3.8) is 0 Å². The van der Waals surface area contributed by atoms with Gasteiger partial charge in [-0.05, 0) is 45.4 Å². The normalized spacial score (nSPS) is 18.5. The van der Waals surface area contributed by atoms with Crippen molar-refractivity contribution >= 4 is 16.8 Å². The molecule has 1 aliphatic heterocycles. The van der Waals surface area contributed by atoms with Crippen molar-refractivity contribution in [2.45, 2.75) is 39.3 Å². The molecule has 3 heterocycles. The van der Waals surface area contributed by atoms with Gasteiger partial charge in [0.2, 0.25) is 0 Å². The third-order valence-electron chi connectivity index (χ3n) is 5.03. The van der Waals surface area contributed by atoms with E-state index in [-0.39, 0.29) is 16.5 Å². The highest BCUT2D eigenvalue weighted by atomic mass is 16.6. The Hall–Kier alpha value is -2.74. The second-order valence-electron chi connectivity index (χ2n) is 6.85. The first-order valence-electron chi connectivity index (χ1n) is 8.79. The lowest BCUT2D eigenvalue weighted by Gasteiger charge is -2.31. The fraction of sp³-hybridized carbons (Fsp3) is 0.444. The molecule has 8 nitrogen and oxygen atoms in total. The highest BCUT2D eigenvalue weighted by Crippen LogP contribution is 2.30. The van der Waals surface area contributed by atoms with Crippen molar-refractivity contribution in [3.8, 4) is 0 Å². The predicted molar refractivity (Wildman–Crippen MR) is 95.9 cm³/mol. The van der Waals surface area contributed by atoms with Crippen LogP contribution in [0.3, 0.4) is 0 Å². The fourth-order valence-corrected chi connectivity index (χ4v) is 3.73. The van der Waals surface area contributed by atoms with Crippen LogP contribution in [0.25, 0.3) is 11.1 Å². The molecule has 0 amide bonds. The highest BCUT2D eigenvalue weighted by molar-refractivity contribution is 5.72. The van der Waals surface area contributed by atoms with Gasteiger partial charge in [-0.2, -0.15) is 5.10 Å². The predicted octanol–water partition coefficient (Wildman–Crippen LogP) is 3.39. The summed E-state index contributed by atoms with van der Waals surface area (Å²) in [5.41, 5.74) is 2.86. The molecule has 1 saturated heterocycles. The molecule has 4 rings (SSSR count). The zero-order valence-corrected chi connectivity index (χ0v) is 14.9. The van der Waals surface area contributed by atoms with Crippen LogP contribution in [0, 0.1) is 24.0 Å². The number of aromatic nitrogens is 3. The number of hydrogen-bond donors (Lipinski definition) is 0. The smallest absolute Gasteiger partial charge is 0.312 e. The number of fused-ring (bicyclic) bond motifs is 1. The van der Waals surface area contributed by atoms with Gasteiger partial charge in [0, 0.05) is 12.5 Å². The second-order valence-corrected chi connectivity index (χ2v) is 6.85. The molecule has 0 bridgehead atoms. The Bertz CT molecular complexity index is 928. The SMILES string of the molecule is Cc1nn(CN2CCCC(c3nc4ccccc4o3)C2)c(C)c1[N+](=O)[O-]. The van der Waals surface area contributed by atoms with E-state index < -0.39 is 0 Å². The van der Waals surface area contributed by atoms with Crippen LogP contribution in [0.1, 0.15) is 36.0 Å². The van der Waals surface area contributed by atoms with Crippen molar-refractivity contribution in [2.75, 3.05) is 13.1 Å². The summed E-state index contributed by atoms with van der Waals surface area (Å²) in [7, 11) is 0. The summed E-state index contributed by atoms with van der Waals surface area (Å²) in [5.74, 6) is 0.998. The lowest BCUT2D eigenvalue weighted by Crippen LogP contribution is -2.36. The number of rotatable bonds is 4. The van der Waals surface area contributed by atoms with Gasteiger partial charge < -0.3 is 4.42 Å². The van der Waals surface area contributed by atoms with E-state index in [9.17, 15) is 10.1 Å². The van der Waals surface area contributed by atoms with Crippen LogP contribution in [0.5, 0.6) is 0 Å². The first-order valence-corrected chi connectivity index (χ1v) is 8.79. The zero-order valence-electron chi connectivity index (χ0n) is 14.9. The van der Waals surface area contributed by atoms with Gasteiger partial charge in [0.25, 0.3) is 0 Å². The zero-order chi connectivity index (χ0) is 18.3. The third kappa shape index (κ3) is 2.96. The van der Waals surface area contributed by atoms with E-state index in [1.54, 1.807) is 18.5 Å². The van der Waals surface area contributed by atoms with Crippen molar-refractivity contribution < 1.29 is 9.34 Å². The van der Waals surface area contributed by atoms with Gasteiger partial charge in [0.15, 0.2) is 11.5 Å². The summed E-state index contributed by atoms with van der Waals surface area (Å²) in [6, 6.07) is 7.79. The maximum absolute atomic E-state index is 11.2. The van der Waals surface area contributed by atoms with E-state index in [1.807, 2.05) is 24.3 Å². The average molecular weight is 355 g/mol. The topological polar surface area (TPSA) is 90.2 Å². The highest BCUT2D eigenvalue weighted by Gasteiger charge is 2.28. The van der Waals surface area contributed by atoms with Crippen molar-refractivity contribution in [2.24, 2.45) is 0 Å². The molecule has 0 N–H and O–H groups in total. The lowest BCUT2D eigenvalue weighted by molar-refractivity contribution is -0.386. The molecule has 0 spiro atoms. The van der Waals surface area contributed by atoms with Crippen molar-refractivity contribution in [1.82, 2.24) is 19.7 Å². The minimum Gasteiger partial charge on any atom is -0.440 e. The minimum atomic E-state index is -0.356. The fourth-order valence-electron chi connectivity index (χ4n) is 3.73. The van der Waals surface area contributed by atoms with Gasteiger partial charge in [-0.15, -0.1) is 0 Å². The van der Waals surface area contributed by atoms with Crippen LogP contribution in [-0.2, 0) is 6.67 Å². The van der Waals surface area contributed by atoms with E-state index in [1.165, 1.54) is 0 Å². The molecule has 0 radical (unpaired) electrons. The molecule has 26 heavy (non-hydrogen) atoms. The molecular formula is C18H21N5O3. The van der Waals surface area contributed by atoms with Crippen LogP contribution >= 0.6 is 0 Å². The van der Waals surface area contributed by atoms with Gasteiger partial charge in [-0.3, -0.25) is 15.0 Å². The number of hydrogen-bond acceptors (Lipinski definition) is 6. The number of likely N-dealkylation sites (tertiary alicyclic amines) is 1. The molecule has 0 aliphatic carbocycles. The Balaban J connectivity index is 1.52. The Morgan fingerprint density at radius 1 is 1.35 bits per heavy atom. The van der Waals surface area contributed by atoms with E-state index in [0.29, 0.717) is 18.1 Å². The van der Waals surface area contributed by atoms with Gasteiger partial charge in [-0.1, -0.05) is 12.1 Å². The molecule has 1 aromatic carbocycles. The van der Waals surface area contributed by atoms with Gasteiger partial charge in [-0.25, -0.2) is 9.67 Å². The van der Waals surface area contributed by atoms with Gasteiger partial charge in [0.05, 0.1) is 11.6 Å². The Labute approximate surface area is 150 Å². The van der Waals surface area contributed by atoms with Crippen LogP contribution in [0.2, 0.25) is 0 Å². The minimum absolute atomic E-state index is 0.109. The number of para-hydroxylation sites is 2. The second kappa shape index (κ2) is 6.53. The summed E-state index contributed by atoms with van der Waals surface area (Å²) in [6.07, 6.45) is 2.06. The number of aryl methyl sites for hydroxylation is 1. The summed E-state index contributed by atoms with van der Waals surface area (Å²) in [4.78, 5) is 17.7. The van der Waals surface area contributed by atoms with Crippen molar-refractivity contribution in [3.05, 3.63) is 51.7 Å². The number of piperidine rings is 1. The molecule has 3 aromatic rings. The molecule has 1 unspecified atom stereocenters. The molecule has 1 fully saturated rings. The Morgan fingerprint density at radius 2 is 2.15 bits per heavy atom. The van der Waals surface area contributed by atoms with E-state index in [0.717, 1.165) is 42.9 Å². The molecule has 1 aliphatic rings. The van der Waals surface area contributed by atoms with E-state index in [4.69, 9.17) is 4.42 Å². The molecule has 136 valence electrons. The van der Waals surface area contributed by atoms with E-state index >= 15 is 0 Å². The van der Waals surface area contributed by atoms with Crippen LogP contribution in [0.15, 0.2) is 28.7 Å². The molecule has 0 saturated carbocycles. The summed E-state index contributed by atoms with van der Waals surface area (Å²) >= 11 is 0. The first-order chi connectivity index (χ1) is 12.5. The number of benzene rings is 1. The Kier molecular flexibility index (Phi) is 4.20. The third-order valence-corrected chi connectivity index (χ3v) is 5.03. The summed E-state index contributed by atoms with van der Waals surface area (Å²) < 4.78 is 7.66. The standard InChI is InChI=1S/C18H21N5O3/c1-12-17(23(24)25)13(2)22(20-12)11-21-9-5-6-14(10-21)18-19-15-7-3-4-8-16(15)26-18/h3-4,7-8,14H,5-6,9-11H2,1-2H3. The van der Waals surface area contributed by atoms with Crippen LogP contribution < -0.4 is 0 Å². The van der Waals surface area contributed by atoms with Crippen LogP contribution in [-0.4, -0.2) is 37.7 Å². The largest absolute Gasteiger partial charge is 0.440 e. The first kappa shape index (κ1) is 16.7. The number of oxazole rings is 1. The Morgan fingerprint density at radius 3 is 2.88 bits per heavy atom. The lowest BCUT2D eigenvalue weighted by atomic mass is 9.98. The maximum Gasteiger partial charge on any atom is 0.312 e. The monoisotopic (exact) mass is 355 g/mol. The van der Waals surface area contributed by atoms with Crippen LogP contribution in [0.4, 0.5) is 5.69 Å². The summed E-state index contributed by atoms with van der Waals surface area (Å²) in [6.45, 7) is 5.71. The molecule has 8 heteroatoms.